The third-order valence-corrected chi connectivity index (χ3v) is 6.88. The molecule has 2 amide bonds. The molecule has 3 aromatic heterocycles. The van der Waals surface area contributed by atoms with Gasteiger partial charge in [0.25, 0.3) is 0 Å². The van der Waals surface area contributed by atoms with Crippen molar-refractivity contribution in [1.82, 2.24) is 19.9 Å². The van der Waals surface area contributed by atoms with E-state index < -0.39 is 0 Å². The Kier molecular flexibility index (Phi) is 6.99. The first-order chi connectivity index (χ1) is 17.5. The molecule has 2 N–H and O–H groups in total. The molecule has 0 atom stereocenters. The van der Waals surface area contributed by atoms with Gasteiger partial charge in [0.2, 0.25) is 11.8 Å². The highest BCUT2D eigenvalue weighted by atomic mass is 16.5. The fraction of sp³-hybridized carbons (Fsp3) is 0.407. The molecule has 36 heavy (non-hydrogen) atoms. The predicted octanol–water partition coefficient (Wildman–Crippen LogP) is 4.40. The molecular weight excluding hydrogens is 456 g/mol. The Balaban J connectivity index is 1.33. The third kappa shape index (κ3) is 5.57. The largest absolute Gasteiger partial charge is 0.381 e. The lowest BCUT2D eigenvalue weighted by molar-refractivity contribution is -0.121. The zero-order chi connectivity index (χ0) is 25.1. The number of rotatable bonds is 7. The van der Waals surface area contributed by atoms with Crippen LogP contribution in [0.1, 0.15) is 44.2 Å². The van der Waals surface area contributed by atoms with Gasteiger partial charge in [0, 0.05) is 48.2 Å². The van der Waals surface area contributed by atoms with E-state index in [1.807, 2.05) is 25.1 Å². The van der Waals surface area contributed by atoms with Crippen LogP contribution in [0.5, 0.6) is 0 Å². The highest BCUT2D eigenvalue weighted by molar-refractivity contribution is 5.94. The summed E-state index contributed by atoms with van der Waals surface area (Å²) in [6.45, 7) is 1.91. The van der Waals surface area contributed by atoms with Crippen LogP contribution in [0.2, 0.25) is 0 Å². The Morgan fingerprint density at radius 2 is 1.58 bits per heavy atom. The highest BCUT2D eigenvalue weighted by Gasteiger charge is 2.30. The maximum absolute atomic E-state index is 12.8. The van der Waals surface area contributed by atoms with Crippen LogP contribution in [-0.4, -0.2) is 45.0 Å². The van der Waals surface area contributed by atoms with Crippen molar-refractivity contribution in [2.45, 2.75) is 51.6 Å². The monoisotopic (exact) mass is 486 g/mol. The van der Waals surface area contributed by atoms with Crippen molar-refractivity contribution in [2.24, 2.45) is 11.8 Å². The summed E-state index contributed by atoms with van der Waals surface area (Å²) in [7, 11) is 1.73. The van der Waals surface area contributed by atoms with Crippen molar-refractivity contribution in [3.63, 3.8) is 0 Å². The van der Waals surface area contributed by atoms with Crippen molar-refractivity contribution in [1.29, 1.82) is 0 Å². The second-order valence-electron chi connectivity index (χ2n) is 9.51. The van der Waals surface area contributed by atoms with Crippen molar-refractivity contribution in [3.05, 3.63) is 48.5 Å². The Bertz CT molecular complexity index is 1270. The number of hydrogen-bond acceptors (Lipinski definition) is 7. The molecule has 3 aromatic rings. The molecule has 2 saturated carbocycles. The molecule has 9 heteroatoms. The smallest absolute Gasteiger partial charge is 0.228 e. The number of carbonyl (C=O) groups excluding carboxylic acids is 2. The fourth-order valence-corrected chi connectivity index (χ4v) is 4.53. The first-order valence-electron chi connectivity index (χ1n) is 12.4. The van der Waals surface area contributed by atoms with Gasteiger partial charge in [-0.1, -0.05) is 0 Å². The number of pyridine rings is 2. The van der Waals surface area contributed by atoms with Gasteiger partial charge in [-0.15, -0.1) is 0 Å². The lowest BCUT2D eigenvalue weighted by atomic mass is 9.87. The van der Waals surface area contributed by atoms with E-state index in [2.05, 4.69) is 25.6 Å². The Morgan fingerprint density at radius 3 is 2.31 bits per heavy atom. The molecule has 2 aliphatic rings. The van der Waals surface area contributed by atoms with Crippen molar-refractivity contribution in [2.75, 3.05) is 17.7 Å². The average molecular weight is 487 g/mol. The van der Waals surface area contributed by atoms with Crippen LogP contribution in [0.3, 0.4) is 0 Å². The number of aromatic nitrogens is 4. The van der Waals surface area contributed by atoms with Crippen molar-refractivity contribution in [3.8, 4) is 22.6 Å². The molecule has 0 spiro atoms. The van der Waals surface area contributed by atoms with Gasteiger partial charge in [0.05, 0.1) is 23.7 Å². The Hall–Kier alpha value is -3.72. The number of amides is 2. The van der Waals surface area contributed by atoms with Gasteiger partial charge in [0.15, 0.2) is 5.82 Å². The second-order valence-corrected chi connectivity index (χ2v) is 9.51. The summed E-state index contributed by atoms with van der Waals surface area (Å²) in [5.41, 5.74) is 3.70. The molecule has 0 bridgehead atoms. The van der Waals surface area contributed by atoms with E-state index in [1.54, 1.807) is 31.8 Å². The number of ether oxygens (including phenoxy) is 1. The minimum absolute atomic E-state index is 0.00150. The summed E-state index contributed by atoms with van der Waals surface area (Å²) in [6.07, 6.45) is 10.6. The Labute approximate surface area is 210 Å². The molecule has 2 fully saturated rings. The topological polar surface area (TPSA) is 119 Å². The molecule has 0 unspecified atom stereocenters. The highest BCUT2D eigenvalue weighted by Crippen LogP contribution is 2.31. The zero-order valence-electron chi connectivity index (χ0n) is 20.5. The van der Waals surface area contributed by atoms with E-state index >= 15 is 0 Å². The lowest BCUT2D eigenvalue weighted by Crippen LogP contribution is -2.29. The van der Waals surface area contributed by atoms with Gasteiger partial charge < -0.3 is 15.4 Å². The van der Waals surface area contributed by atoms with E-state index in [9.17, 15) is 9.59 Å². The average Bonchev–Trinajstić information content (AvgIpc) is 3.76. The zero-order valence-corrected chi connectivity index (χ0v) is 20.5. The normalized spacial score (nSPS) is 19.5. The second kappa shape index (κ2) is 10.5. The predicted molar refractivity (Wildman–Crippen MR) is 136 cm³/mol. The van der Waals surface area contributed by atoms with E-state index in [4.69, 9.17) is 9.72 Å². The first-order valence-corrected chi connectivity index (χ1v) is 12.4. The SMILES string of the molecule is CO[C@H]1CC[C@H](C(=O)Nc2cnc(C)c(-c3ccnc(-c4ccnc(NC(=O)C5CC5)c4)n3)c2)CC1. The molecule has 0 aromatic carbocycles. The summed E-state index contributed by atoms with van der Waals surface area (Å²) >= 11 is 0. The van der Waals surface area contributed by atoms with Gasteiger partial charge in [-0.25, -0.2) is 15.0 Å². The fourth-order valence-electron chi connectivity index (χ4n) is 4.53. The van der Waals surface area contributed by atoms with Crippen molar-refractivity contribution < 1.29 is 14.3 Å². The third-order valence-electron chi connectivity index (χ3n) is 6.88. The summed E-state index contributed by atoms with van der Waals surface area (Å²) in [4.78, 5) is 42.9. The van der Waals surface area contributed by atoms with Crippen LogP contribution in [0.4, 0.5) is 11.5 Å². The number of aryl methyl sites for hydroxylation is 1. The van der Waals surface area contributed by atoms with Crippen LogP contribution in [-0.2, 0) is 14.3 Å². The molecule has 9 nitrogen and oxygen atoms in total. The number of nitrogens with one attached hydrogen (secondary N) is 2. The molecular formula is C27H30N6O3. The van der Waals surface area contributed by atoms with Gasteiger partial charge in [-0.2, -0.15) is 0 Å². The van der Waals surface area contributed by atoms with E-state index in [0.29, 0.717) is 23.0 Å². The molecule has 0 saturated heterocycles. The molecule has 3 heterocycles. The minimum atomic E-state index is -0.0203. The van der Waals surface area contributed by atoms with Crippen LogP contribution in [0.15, 0.2) is 42.9 Å². The molecule has 5 rings (SSSR count). The molecule has 0 aliphatic heterocycles. The summed E-state index contributed by atoms with van der Waals surface area (Å²) < 4.78 is 5.42. The van der Waals surface area contributed by atoms with Gasteiger partial charge >= 0.3 is 0 Å². The van der Waals surface area contributed by atoms with Crippen molar-refractivity contribution >= 4 is 23.3 Å². The summed E-state index contributed by atoms with van der Waals surface area (Å²) in [5, 5.41) is 5.90. The van der Waals surface area contributed by atoms with Crippen LogP contribution in [0.25, 0.3) is 22.6 Å². The van der Waals surface area contributed by atoms with Gasteiger partial charge in [-0.05, 0) is 69.7 Å². The molecule has 2 aliphatic carbocycles. The van der Waals surface area contributed by atoms with Gasteiger partial charge in [0.1, 0.15) is 5.82 Å². The van der Waals surface area contributed by atoms with E-state index in [1.165, 1.54) is 0 Å². The molecule has 0 radical (unpaired) electrons. The van der Waals surface area contributed by atoms with Crippen LogP contribution in [0, 0.1) is 18.8 Å². The molecule has 186 valence electrons. The maximum Gasteiger partial charge on any atom is 0.228 e. The number of nitrogens with zero attached hydrogens (tertiary/aromatic N) is 4. The number of methoxy groups -OCH3 is 1. The Morgan fingerprint density at radius 1 is 0.889 bits per heavy atom. The van der Waals surface area contributed by atoms with Crippen LogP contribution >= 0.6 is 0 Å². The maximum atomic E-state index is 12.8. The number of hydrogen-bond donors (Lipinski definition) is 2. The minimum Gasteiger partial charge on any atom is -0.381 e. The van der Waals surface area contributed by atoms with Gasteiger partial charge in [-0.3, -0.25) is 14.6 Å². The van der Waals surface area contributed by atoms with E-state index in [0.717, 1.165) is 55.3 Å². The lowest BCUT2D eigenvalue weighted by Gasteiger charge is -2.26. The first kappa shape index (κ1) is 24.0. The number of carbonyl (C=O) groups is 2. The quantitative estimate of drug-likeness (QED) is 0.508. The standard InChI is InChI=1S/C27H30N6O3/c1-16-22(14-20(15-30-16)31-26(34)18-5-7-21(36-2)8-6-18)23-10-12-29-25(32-23)19-9-11-28-24(13-19)33-27(35)17-3-4-17/h9-15,17-18,21H,3-8H2,1-2H3,(H,31,34)(H,28,33,35)/t18-,21-. The summed E-state index contributed by atoms with van der Waals surface area (Å²) in [6, 6.07) is 7.31. The van der Waals surface area contributed by atoms with E-state index in [-0.39, 0.29) is 29.8 Å². The summed E-state index contributed by atoms with van der Waals surface area (Å²) in [5.74, 6) is 1.09. The van der Waals surface area contributed by atoms with Crippen LogP contribution < -0.4 is 10.6 Å². The number of anilines is 2.